The van der Waals surface area contributed by atoms with Crippen LogP contribution in [-0.4, -0.2) is 58.5 Å². The minimum Gasteiger partial charge on any atom is -0.348 e. The van der Waals surface area contributed by atoms with E-state index in [0.717, 1.165) is 22.5 Å². The molecule has 4 rings (SSSR count). The number of amides is 2. The number of aromatic nitrogens is 3. The number of carbonyl (C=O) groups excluding carboxylic acids is 3. The predicted molar refractivity (Wildman–Crippen MR) is 151 cm³/mol. The summed E-state index contributed by atoms with van der Waals surface area (Å²) in [6.07, 6.45) is 1.04. The van der Waals surface area contributed by atoms with Crippen LogP contribution < -0.4 is 10.6 Å². The van der Waals surface area contributed by atoms with Crippen LogP contribution in [-0.2, 0) is 21.2 Å². The normalized spacial score (nSPS) is 12.3. The van der Waals surface area contributed by atoms with Crippen molar-refractivity contribution in [1.29, 1.82) is 0 Å². The van der Waals surface area contributed by atoms with Gasteiger partial charge >= 0.3 is 0 Å². The lowest BCUT2D eigenvalue weighted by atomic mass is 9.96. The van der Waals surface area contributed by atoms with Gasteiger partial charge in [-0.2, -0.15) is 4.37 Å². The summed E-state index contributed by atoms with van der Waals surface area (Å²) in [5, 5.41) is 6.05. The van der Waals surface area contributed by atoms with Crippen LogP contribution in [0.2, 0.25) is 5.02 Å². The Morgan fingerprint density at radius 2 is 1.88 bits per heavy atom. The molecule has 210 valence electrons. The molecule has 0 aliphatic carbocycles. The summed E-state index contributed by atoms with van der Waals surface area (Å²) < 4.78 is 43.7. The van der Waals surface area contributed by atoms with E-state index in [1.165, 1.54) is 29.7 Å². The van der Waals surface area contributed by atoms with Crippen molar-refractivity contribution in [3.05, 3.63) is 76.1 Å². The molecule has 14 heteroatoms. The number of rotatable bonds is 10. The van der Waals surface area contributed by atoms with E-state index in [0.29, 0.717) is 10.9 Å². The maximum Gasteiger partial charge on any atom is 0.287 e. The highest BCUT2D eigenvalue weighted by atomic mass is 35.5. The van der Waals surface area contributed by atoms with Crippen LogP contribution in [0.4, 0.5) is 10.2 Å². The zero-order valence-electron chi connectivity index (χ0n) is 21.7. The van der Waals surface area contributed by atoms with Crippen LogP contribution in [0, 0.1) is 5.82 Å². The second-order valence-electron chi connectivity index (χ2n) is 9.21. The third-order valence-corrected chi connectivity index (χ3v) is 8.12. The first kappa shape index (κ1) is 29.3. The van der Waals surface area contributed by atoms with E-state index >= 15 is 0 Å². The van der Waals surface area contributed by atoms with Crippen LogP contribution in [0.3, 0.4) is 0 Å². The molecule has 40 heavy (non-hydrogen) atoms. The van der Waals surface area contributed by atoms with Gasteiger partial charge in [0.05, 0.1) is 22.7 Å². The quantitative estimate of drug-likeness (QED) is 0.278. The Hall–Kier alpha value is -3.68. The fourth-order valence-corrected chi connectivity index (χ4v) is 5.72. The standard InChI is InChI=1S/C26H25ClFN5O5S2/c1-14(34)13-33-22(15(2)18-12-16(28)8-9-19(18)27)23(30-24(33)26(36)29-10-11-40(3,37)38)31-25(35)21-17-6-4-5-7-20(17)39-32-21/h4-9,12,15H,10-11,13H2,1-3H3,(H,29,36)(H,31,35)/t15-/m1/s1. The molecule has 2 aromatic heterocycles. The van der Waals surface area contributed by atoms with E-state index in [9.17, 15) is 27.2 Å². The van der Waals surface area contributed by atoms with Gasteiger partial charge in [0, 0.05) is 29.1 Å². The van der Waals surface area contributed by atoms with E-state index < -0.39 is 33.4 Å². The Bertz CT molecular complexity index is 1730. The Morgan fingerprint density at radius 1 is 1.15 bits per heavy atom. The van der Waals surface area contributed by atoms with Gasteiger partial charge in [-0.05, 0) is 48.3 Å². The van der Waals surface area contributed by atoms with Crippen LogP contribution >= 0.6 is 23.1 Å². The van der Waals surface area contributed by atoms with Gasteiger partial charge in [-0.1, -0.05) is 36.7 Å². The van der Waals surface area contributed by atoms with Crippen molar-refractivity contribution < 1.29 is 27.2 Å². The number of hydrogen-bond donors (Lipinski definition) is 2. The molecule has 2 N–H and O–H groups in total. The smallest absolute Gasteiger partial charge is 0.287 e. The molecule has 0 aliphatic rings. The highest BCUT2D eigenvalue weighted by molar-refractivity contribution is 7.90. The Morgan fingerprint density at radius 3 is 2.58 bits per heavy atom. The number of benzene rings is 2. The summed E-state index contributed by atoms with van der Waals surface area (Å²) in [6.45, 7) is 2.49. The number of nitrogens with one attached hydrogen (secondary N) is 2. The lowest BCUT2D eigenvalue weighted by Gasteiger charge is -2.19. The Labute approximate surface area is 238 Å². The second kappa shape index (κ2) is 11.8. The summed E-state index contributed by atoms with van der Waals surface area (Å²) in [7, 11) is -3.36. The van der Waals surface area contributed by atoms with Crippen molar-refractivity contribution in [2.75, 3.05) is 23.9 Å². The SMILES string of the molecule is CC(=O)Cn1c(C(=O)NCCS(C)(=O)=O)nc(NC(=O)c2nsc3ccccc23)c1[C@H](C)c1cc(F)ccc1Cl. The Balaban J connectivity index is 1.83. The van der Waals surface area contributed by atoms with Gasteiger partial charge in [-0.3, -0.25) is 14.4 Å². The van der Waals surface area contributed by atoms with Gasteiger partial charge in [0.25, 0.3) is 11.8 Å². The molecule has 2 amide bonds. The van der Waals surface area contributed by atoms with Crippen molar-refractivity contribution >= 4 is 66.5 Å². The van der Waals surface area contributed by atoms with Gasteiger partial charge < -0.3 is 15.2 Å². The number of nitrogens with zero attached hydrogens (tertiary/aromatic N) is 3. The molecule has 2 heterocycles. The number of sulfone groups is 1. The van der Waals surface area contributed by atoms with Crippen molar-refractivity contribution in [2.45, 2.75) is 26.3 Å². The first-order chi connectivity index (χ1) is 18.9. The largest absolute Gasteiger partial charge is 0.348 e. The molecular formula is C26H25ClFN5O5S2. The molecule has 4 aromatic rings. The van der Waals surface area contributed by atoms with Crippen LogP contribution in [0.1, 0.15) is 52.1 Å². The molecule has 0 radical (unpaired) electrons. The monoisotopic (exact) mass is 605 g/mol. The summed E-state index contributed by atoms with van der Waals surface area (Å²) >= 11 is 7.53. The maximum atomic E-state index is 14.2. The van der Waals surface area contributed by atoms with Crippen LogP contribution in [0.25, 0.3) is 10.1 Å². The number of carbonyl (C=O) groups is 3. The average Bonchev–Trinajstić information content (AvgIpc) is 3.45. The second-order valence-corrected chi connectivity index (χ2v) is 12.7. The van der Waals surface area contributed by atoms with Gasteiger partial charge in [-0.25, -0.2) is 17.8 Å². The minimum absolute atomic E-state index is 0.0515. The Kier molecular flexibility index (Phi) is 8.66. The predicted octanol–water partition coefficient (Wildman–Crippen LogP) is 4.05. The van der Waals surface area contributed by atoms with Crippen molar-refractivity contribution in [3.8, 4) is 0 Å². The maximum absolute atomic E-state index is 14.2. The number of anilines is 1. The summed E-state index contributed by atoms with van der Waals surface area (Å²) in [5.41, 5.74) is 0.706. The topological polar surface area (TPSA) is 140 Å². The van der Waals surface area contributed by atoms with E-state index in [1.54, 1.807) is 19.1 Å². The first-order valence-electron chi connectivity index (χ1n) is 12.0. The van der Waals surface area contributed by atoms with Crippen LogP contribution in [0.5, 0.6) is 0 Å². The highest BCUT2D eigenvalue weighted by Crippen LogP contribution is 2.36. The van der Waals surface area contributed by atoms with Gasteiger partial charge in [0.2, 0.25) is 5.82 Å². The molecule has 2 aromatic carbocycles. The average molecular weight is 606 g/mol. The fourth-order valence-electron chi connectivity index (χ4n) is 4.19. The molecule has 0 saturated carbocycles. The fraction of sp³-hybridized carbons (Fsp3) is 0.269. The zero-order valence-corrected chi connectivity index (χ0v) is 24.1. The van der Waals surface area contributed by atoms with E-state index in [2.05, 4.69) is 20.0 Å². The van der Waals surface area contributed by atoms with Gasteiger partial charge in [-0.15, -0.1) is 0 Å². The van der Waals surface area contributed by atoms with Crippen molar-refractivity contribution in [1.82, 2.24) is 19.2 Å². The third kappa shape index (κ3) is 6.54. The van der Waals surface area contributed by atoms with Crippen molar-refractivity contribution in [2.24, 2.45) is 0 Å². The lowest BCUT2D eigenvalue weighted by molar-refractivity contribution is -0.117. The molecular weight excluding hydrogens is 581 g/mol. The van der Waals surface area contributed by atoms with Gasteiger partial charge in [0.15, 0.2) is 5.82 Å². The lowest BCUT2D eigenvalue weighted by Crippen LogP contribution is -2.32. The molecule has 0 saturated heterocycles. The summed E-state index contributed by atoms with van der Waals surface area (Å²) in [4.78, 5) is 43.2. The van der Waals surface area contributed by atoms with Gasteiger partial charge in [0.1, 0.15) is 27.1 Å². The minimum atomic E-state index is -3.36. The first-order valence-corrected chi connectivity index (χ1v) is 15.2. The molecule has 1 atom stereocenters. The molecule has 10 nitrogen and oxygen atoms in total. The number of halogens is 2. The number of ketones is 1. The van der Waals surface area contributed by atoms with E-state index in [4.69, 9.17) is 11.6 Å². The third-order valence-electron chi connectivity index (χ3n) is 6.01. The number of hydrogen-bond acceptors (Lipinski definition) is 8. The van der Waals surface area contributed by atoms with E-state index in [1.807, 2.05) is 12.1 Å². The van der Waals surface area contributed by atoms with Crippen molar-refractivity contribution in [3.63, 3.8) is 0 Å². The highest BCUT2D eigenvalue weighted by Gasteiger charge is 2.30. The summed E-state index contributed by atoms with van der Waals surface area (Å²) in [5.74, 6) is -3.59. The molecule has 0 fully saturated rings. The number of imidazole rings is 1. The zero-order chi connectivity index (χ0) is 29.2. The number of fused-ring (bicyclic) bond motifs is 1. The molecule has 0 unspecified atom stereocenters. The van der Waals surface area contributed by atoms with Crippen LogP contribution in [0.15, 0.2) is 42.5 Å². The molecule has 0 bridgehead atoms. The van der Waals surface area contributed by atoms with E-state index in [-0.39, 0.29) is 52.7 Å². The number of Topliss-reactive ketones (excluding diaryl/α,β-unsaturated/α-hetero) is 1. The molecule has 0 aliphatic heterocycles. The molecule has 0 spiro atoms. The summed E-state index contributed by atoms with van der Waals surface area (Å²) in [6, 6.07) is 11.0.